The number of hydrogen-bond donors (Lipinski definition) is 2. The number of carbonyl (C=O) groups is 2. The van der Waals surface area contributed by atoms with Gasteiger partial charge in [-0.2, -0.15) is 4.98 Å². The lowest BCUT2D eigenvalue weighted by molar-refractivity contribution is -0.125. The zero-order valence-corrected chi connectivity index (χ0v) is 23.1. The van der Waals surface area contributed by atoms with Crippen LogP contribution >= 0.6 is 0 Å². The highest BCUT2D eigenvalue weighted by Gasteiger charge is 2.41. The molecule has 1 aromatic heterocycles. The number of amides is 2. The quantitative estimate of drug-likeness (QED) is 0.596. The third kappa shape index (κ3) is 5.14. The van der Waals surface area contributed by atoms with Gasteiger partial charge in [0.1, 0.15) is 11.4 Å². The number of anilines is 4. The molecule has 3 heterocycles. The van der Waals surface area contributed by atoms with Crippen LogP contribution in [0.5, 0.6) is 5.75 Å². The predicted octanol–water partition coefficient (Wildman–Crippen LogP) is 3.41. The van der Waals surface area contributed by atoms with E-state index in [2.05, 4.69) is 32.5 Å². The molecule has 2 aromatic rings. The monoisotopic (exact) mass is 521 g/mol. The largest absolute Gasteiger partial charge is 0.495 e. The first-order valence-electron chi connectivity index (χ1n) is 13.5. The van der Waals surface area contributed by atoms with Gasteiger partial charge in [-0.05, 0) is 64.9 Å². The lowest BCUT2D eigenvalue weighted by Gasteiger charge is -2.34. The van der Waals surface area contributed by atoms with Gasteiger partial charge >= 0.3 is 0 Å². The van der Waals surface area contributed by atoms with Crippen molar-refractivity contribution in [1.82, 2.24) is 20.2 Å². The molecule has 1 atom stereocenters. The fraction of sp³-hybridized carbons (Fsp3) is 0.571. The highest BCUT2D eigenvalue weighted by molar-refractivity contribution is 6.01. The van der Waals surface area contributed by atoms with Crippen molar-refractivity contribution in [3.8, 4) is 5.75 Å². The van der Waals surface area contributed by atoms with E-state index in [9.17, 15) is 9.59 Å². The Bertz CT molecular complexity index is 1210. The van der Waals surface area contributed by atoms with E-state index in [1.807, 2.05) is 19.9 Å². The van der Waals surface area contributed by atoms with E-state index in [1.54, 1.807) is 37.4 Å². The summed E-state index contributed by atoms with van der Waals surface area (Å²) in [6.07, 6.45) is 7.23. The Hall–Kier alpha value is -3.40. The predicted molar refractivity (Wildman–Crippen MR) is 148 cm³/mol. The van der Waals surface area contributed by atoms with Crippen molar-refractivity contribution < 1.29 is 14.3 Å². The van der Waals surface area contributed by atoms with Gasteiger partial charge in [-0.15, -0.1) is 0 Å². The van der Waals surface area contributed by atoms with E-state index < -0.39 is 5.41 Å². The highest BCUT2D eigenvalue weighted by atomic mass is 16.5. The second-order valence-corrected chi connectivity index (χ2v) is 11.5. The Balaban J connectivity index is 1.41. The van der Waals surface area contributed by atoms with Crippen molar-refractivity contribution in [2.24, 2.45) is 5.41 Å². The SMILES string of the molecule is COc1cc(C(=O)NC2CCN(C)C2)ccc1Nc1ncc2c(n1)N(C1CCCC1)CC(C)(C)C(=O)N2C. The number of likely N-dealkylation sites (tertiary alicyclic amines) is 1. The van der Waals surface area contributed by atoms with Gasteiger partial charge in [0.25, 0.3) is 5.91 Å². The number of aromatic nitrogens is 2. The topological polar surface area (TPSA) is 103 Å². The van der Waals surface area contributed by atoms with E-state index in [0.29, 0.717) is 35.5 Å². The summed E-state index contributed by atoms with van der Waals surface area (Å²) in [6.45, 7) is 6.44. The minimum absolute atomic E-state index is 0.0586. The summed E-state index contributed by atoms with van der Waals surface area (Å²) in [4.78, 5) is 41.8. The summed E-state index contributed by atoms with van der Waals surface area (Å²) in [7, 11) is 5.44. The summed E-state index contributed by atoms with van der Waals surface area (Å²) in [5.41, 5.74) is 1.38. The zero-order chi connectivity index (χ0) is 27.0. The van der Waals surface area contributed by atoms with Crippen molar-refractivity contribution in [1.29, 1.82) is 0 Å². The fourth-order valence-corrected chi connectivity index (χ4v) is 5.90. The second kappa shape index (κ2) is 10.4. The van der Waals surface area contributed by atoms with Crippen molar-refractivity contribution in [3.63, 3.8) is 0 Å². The Morgan fingerprint density at radius 1 is 1.16 bits per heavy atom. The number of nitrogens with zero attached hydrogens (tertiary/aromatic N) is 5. The van der Waals surface area contributed by atoms with Gasteiger partial charge in [-0.25, -0.2) is 4.98 Å². The Morgan fingerprint density at radius 2 is 1.92 bits per heavy atom. The lowest BCUT2D eigenvalue weighted by Crippen LogP contribution is -2.45. The molecule has 10 nitrogen and oxygen atoms in total. The van der Waals surface area contributed by atoms with E-state index >= 15 is 0 Å². The molecule has 1 unspecified atom stereocenters. The number of methoxy groups -OCH3 is 1. The molecule has 10 heteroatoms. The average Bonchev–Trinajstić information content (AvgIpc) is 3.57. The average molecular weight is 522 g/mol. The van der Waals surface area contributed by atoms with Crippen LogP contribution in [-0.2, 0) is 4.79 Å². The summed E-state index contributed by atoms with van der Waals surface area (Å²) >= 11 is 0. The molecule has 204 valence electrons. The highest BCUT2D eigenvalue weighted by Crippen LogP contribution is 2.40. The molecule has 0 spiro atoms. The van der Waals surface area contributed by atoms with Crippen LogP contribution in [0.2, 0.25) is 0 Å². The molecular weight excluding hydrogens is 482 g/mol. The molecule has 0 radical (unpaired) electrons. The molecule has 2 amide bonds. The second-order valence-electron chi connectivity index (χ2n) is 11.5. The van der Waals surface area contributed by atoms with Crippen LogP contribution in [0.1, 0.15) is 56.3 Å². The molecule has 2 N–H and O–H groups in total. The van der Waals surface area contributed by atoms with Gasteiger partial charge in [0.05, 0.1) is 24.4 Å². The van der Waals surface area contributed by atoms with Crippen molar-refractivity contribution in [2.45, 2.75) is 58.0 Å². The van der Waals surface area contributed by atoms with Crippen LogP contribution in [0.4, 0.5) is 23.1 Å². The molecule has 1 aromatic carbocycles. The zero-order valence-electron chi connectivity index (χ0n) is 23.1. The van der Waals surface area contributed by atoms with Crippen molar-refractivity contribution in [3.05, 3.63) is 30.0 Å². The normalized spacial score (nSPS) is 21.8. The third-order valence-corrected chi connectivity index (χ3v) is 8.03. The maximum atomic E-state index is 13.2. The van der Waals surface area contributed by atoms with E-state index in [1.165, 1.54) is 12.8 Å². The first-order valence-corrected chi connectivity index (χ1v) is 13.5. The summed E-state index contributed by atoms with van der Waals surface area (Å²) in [5.74, 6) is 1.66. The number of benzene rings is 1. The summed E-state index contributed by atoms with van der Waals surface area (Å²) in [6, 6.07) is 5.84. The molecule has 5 rings (SSSR count). The maximum Gasteiger partial charge on any atom is 0.251 e. The number of ether oxygens (including phenoxy) is 1. The smallest absolute Gasteiger partial charge is 0.251 e. The Labute approximate surface area is 224 Å². The lowest BCUT2D eigenvalue weighted by atomic mass is 9.91. The minimum Gasteiger partial charge on any atom is -0.495 e. The van der Waals surface area contributed by atoms with Gasteiger partial charge in [-0.3, -0.25) is 9.59 Å². The van der Waals surface area contributed by atoms with Crippen LogP contribution in [-0.4, -0.2) is 79.6 Å². The summed E-state index contributed by atoms with van der Waals surface area (Å²) < 4.78 is 5.62. The Morgan fingerprint density at radius 3 is 2.61 bits per heavy atom. The molecular formula is C28H39N7O3. The standard InChI is InChI=1S/C28H39N7O3/c1-28(2)17-35(20-8-6-7-9-20)24-22(34(4)26(28)37)15-29-27(32-24)31-21-11-10-18(14-23(21)38-5)25(36)30-19-12-13-33(3)16-19/h10-11,14-15,19-20H,6-9,12-13,16-17H2,1-5H3,(H,30,36)(H,29,31,32). The molecule has 38 heavy (non-hydrogen) atoms. The van der Waals surface area contributed by atoms with Crippen LogP contribution in [0, 0.1) is 5.41 Å². The molecule has 2 fully saturated rings. The maximum absolute atomic E-state index is 13.2. The van der Waals surface area contributed by atoms with Crippen molar-refractivity contribution in [2.75, 3.05) is 56.0 Å². The minimum atomic E-state index is -0.542. The van der Waals surface area contributed by atoms with Crippen LogP contribution in [0.3, 0.4) is 0 Å². The molecule has 1 saturated carbocycles. The van der Waals surface area contributed by atoms with Gasteiger partial charge in [0.2, 0.25) is 11.9 Å². The molecule has 1 saturated heterocycles. The Kier molecular flexibility index (Phi) is 7.17. The first kappa shape index (κ1) is 26.2. The number of hydrogen-bond acceptors (Lipinski definition) is 8. The number of rotatable bonds is 6. The van der Waals surface area contributed by atoms with Crippen molar-refractivity contribution >= 4 is 35.0 Å². The third-order valence-electron chi connectivity index (χ3n) is 8.03. The number of fused-ring (bicyclic) bond motifs is 1. The van der Waals surface area contributed by atoms with Gasteiger partial charge in [0.15, 0.2) is 5.82 Å². The van der Waals surface area contributed by atoms with E-state index in [-0.39, 0.29) is 17.9 Å². The molecule has 2 aliphatic heterocycles. The number of likely N-dealkylation sites (N-methyl/N-ethyl adjacent to an activating group) is 1. The van der Waals surface area contributed by atoms with Gasteiger partial charge in [-0.1, -0.05) is 12.8 Å². The first-order chi connectivity index (χ1) is 18.2. The summed E-state index contributed by atoms with van der Waals surface area (Å²) in [5, 5.41) is 6.39. The number of carbonyl (C=O) groups excluding carboxylic acids is 2. The van der Waals surface area contributed by atoms with E-state index in [4.69, 9.17) is 9.72 Å². The number of nitrogens with one attached hydrogen (secondary N) is 2. The van der Waals surface area contributed by atoms with E-state index in [0.717, 1.165) is 43.9 Å². The molecule has 3 aliphatic rings. The molecule has 1 aliphatic carbocycles. The van der Waals surface area contributed by atoms with Gasteiger partial charge < -0.3 is 30.1 Å². The van der Waals surface area contributed by atoms with Crippen LogP contribution < -0.4 is 25.2 Å². The van der Waals surface area contributed by atoms with Crippen LogP contribution in [0.15, 0.2) is 24.4 Å². The molecule has 0 bridgehead atoms. The van der Waals surface area contributed by atoms with Gasteiger partial charge in [0, 0.05) is 37.8 Å². The fourth-order valence-electron chi connectivity index (χ4n) is 5.90. The van der Waals surface area contributed by atoms with Crippen LogP contribution in [0.25, 0.3) is 0 Å².